The summed E-state index contributed by atoms with van der Waals surface area (Å²) < 4.78 is 0. The predicted octanol–water partition coefficient (Wildman–Crippen LogP) is 2.04. The second kappa shape index (κ2) is 9.41. The van der Waals surface area contributed by atoms with E-state index in [2.05, 4.69) is 15.3 Å². The molecule has 1 atom stereocenters. The van der Waals surface area contributed by atoms with E-state index in [1.807, 2.05) is 36.2 Å². The van der Waals surface area contributed by atoms with Crippen molar-refractivity contribution in [3.8, 4) is 0 Å². The van der Waals surface area contributed by atoms with E-state index < -0.39 is 0 Å². The summed E-state index contributed by atoms with van der Waals surface area (Å²) in [4.78, 5) is 8.64. The Morgan fingerprint density at radius 2 is 2.42 bits per heavy atom. The van der Waals surface area contributed by atoms with Crippen LogP contribution in [0.3, 0.4) is 0 Å². The fourth-order valence-corrected chi connectivity index (χ4v) is 3.09. The van der Waals surface area contributed by atoms with Gasteiger partial charge in [-0.05, 0) is 30.7 Å². The zero-order valence-corrected chi connectivity index (χ0v) is 14.1. The summed E-state index contributed by atoms with van der Waals surface area (Å²) >= 11 is 2.00. The number of nitrogens with two attached hydrogens (primary N) is 1. The molecule has 2 heterocycles. The molecule has 0 radical (unpaired) electrons. The van der Waals surface area contributed by atoms with Crippen LogP contribution in [0.1, 0.15) is 18.5 Å². The molecule has 0 aromatic carbocycles. The van der Waals surface area contributed by atoms with Gasteiger partial charge in [-0.3, -0.25) is 9.98 Å². The predicted molar refractivity (Wildman–Crippen MR) is 93.3 cm³/mol. The summed E-state index contributed by atoms with van der Waals surface area (Å²) in [6, 6.07) is 5.94. The highest BCUT2D eigenvalue weighted by molar-refractivity contribution is 14.0. The van der Waals surface area contributed by atoms with Gasteiger partial charge in [-0.1, -0.05) is 6.07 Å². The Kier molecular flexibility index (Phi) is 8.20. The van der Waals surface area contributed by atoms with Crippen molar-refractivity contribution in [3.05, 3.63) is 30.1 Å². The highest BCUT2D eigenvalue weighted by atomic mass is 127. The maximum atomic E-state index is 5.83. The van der Waals surface area contributed by atoms with Crippen molar-refractivity contribution in [1.29, 1.82) is 0 Å². The van der Waals surface area contributed by atoms with Gasteiger partial charge in [0.05, 0.1) is 6.54 Å². The number of rotatable bonds is 5. The SMILES string of the molecule is I.NC(=NCC1CCCS1)NCCc1ccccn1. The van der Waals surface area contributed by atoms with E-state index in [1.54, 1.807) is 0 Å². The molecule has 0 spiro atoms. The first-order valence-electron chi connectivity index (χ1n) is 6.40. The van der Waals surface area contributed by atoms with Crippen molar-refractivity contribution >= 4 is 41.7 Å². The number of guanidine groups is 1. The van der Waals surface area contributed by atoms with E-state index in [4.69, 9.17) is 5.73 Å². The van der Waals surface area contributed by atoms with Gasteiger partial charge in [0, 0.05) is 30.1 Å². The summed E-state index contributed by atoms with van der Waals surface area (Å²) in [7, 11) is 0. The Hall–Kier alpha value is -0.500. The smallest absolute Gasteiger partial charge is 0.188 e. The lowest BCUT2D eigenvalue weighted by atomic mass is 10.2. The van der Waals surface area contributed by atoms with Gasteiger partial charge in [-0.2, -0.15) is 11.8 Å². The van der Waals surface area contributed by atoms with E-state index >= 15 is 0 Å². The highest BCUT2D eigenvalue weighted by Crippen LogP contribution is 2.25. The largest absolute Gasteiger partial charge is 0.370 e. The molecule has 0 saturated carbocycles. The van der Waals surface area contributed by atoms with E-state index in [0.717, 1.165) is 25.2 Å². The van der Waals surface area contributed by atoms with Crippen LogP contribution < -0.4 is 11.1 Å². The number of thioether (sulfide) groups is 1. The Bertz CT molecular complexity index is 379. The molecule has 1 aromatic rings. The summed E-state index contributed by atoms with van der Waals surface area (Å²) in [5, 5.41) is 3.80. The molecule has 0 amide bonds. The average Bonchev–Trinajstić information content (AvgIpc) is 2.91. The third-order valence-electron chi connectivity index (χ3n) is 2.90. The van der Waals surface area contributed by atoms with Crippen molar-refractivity contribution in [2.45, 2.75) is 24.5 Å². The summed E-state index contributed by atoms with van der Waals surface area (Å²) in [5.74, 6) is 1.83. The summed E-state index contributed by atoms with van der Waals surface area (Å²) in [6.07, 6.45) is 5.27. The number of aliphatic imine (C=N–C) groups is 1. The molecule has 1 fully saturated rings. The first-order valence-corrected chi connectivity index (χ1v) is 7.45. The van der Waals surface area contributed by atoms with Crippen LogP contribution in [0.15, 0.2) is 29.4 Å². The second-order valence-electron chi connectivity index (χ2n) is 4.36. The third kappa shape index (κ3) is 6.47. The van der Waals surface area contributed by atoms with Crippen LogP contribution in [0, 0.1) is 0 Å². The van der Waals surface area contributed by atoms with Gasteiger partial charge in [0.25, 0.3) is 0 Å². The molecule has 1 aliphatic heterocycles. The average molecular weight is 392 g/mol. The van der Waals surface area contributed by atoms with Crippen molar-refractivity contribution in [2.75, 3.05) is 18.8 Å². The number of hydrogen-bond acceptors (Lipinski definition) is 3. The molecule has 6 heteroatoms. The minimum absolute atomic E-state index is 0. The van der Waals surface area contributed by atoms with Crippen LogP contribution in [-0.2, 0) is 6.42 Å². The first-order chi connectivity index (χ1) is 8.84. The molecular weight excluding hydrogens is 371 g/mol. The van der Waals surface area contributed by atoms with Gasteiger partial charge >= 0.3 is 0 Å². The molecule has 1 unspecified atom stereocenters. The Labute approximate surface area is 136 Å². The maximum absolute atomic E-state index is 5.83. The molecule has 0 aliphatic carbocycles. The number of nitrogens with one attached hydrogen (secondary N) is 1. The monoisotopic (exact) mass is 392 g/mol. The highest BCUT2D eigenvalue weighted by Gasteiger charge is 2.14. The van der Waals surface area contributed by atoms with Crippen LogP contribution in [0.4, 0.5) is 0 Å². The van der Waals surface area contributed by atoms with Crippen molar-refractivity contribution in [2.24, 2.45) is 10.7 Å². The van der Waals surface area contributed by atoms with Crippen molar-refractivity contribution in [3.63, 3.8) is 0 Å². The van der Waals surface area contributed by atoms with Gasteiger partial charge in [0.1, 0.15) is 0 Å². The summed E-state index contributed by atoms with van der Waals surface area (Å²) in [5.41, 5.74) is 6.90. The lowest BCUT2D eigenvalue weighted by Crippen LogP contribution is -2.34. The second-order valence-corrected chi connectivity index (χ2v) is 5.77. The molecule has 19 heavy (non-hydrogen) atoms. The number of hydrogen-bond donors (Lipinski definition) is 2. The van der Waals surface area contributed by atoms with Crippen LogP contribution in [0.5, 0.6) is 0 Å². The molecule has 0 bridgehead atoms. The quantitative estimate of drug-likeness (QED) is 0.458. The van der Waals surface area contributed by atoms with Crippen LogP contribution in [0.25, 0.3) is 0 Å². The maximum Gasteiger partial charge on any atom is 0.188 e. The minimum atomic E-state index is 0. The van der Waals surface area contributed by atoms with E-state index in [-0.39, 0.29) is 24.0 Å². The zero-order valence-electron chi connectivity index (χ0n) is 10.9. The number of pyridine rings is 1. The van der Waals surface area contributed by atoms with Gasteiger partial charge in [-0.15, -0.1) is 24.0 Å². The Morgan fingerprint density at radius 3 is 3.11 bits per heavy atom. The van der Waals surface area contributed by atoms with Crippen LogP contribution in [-0.4, -0.2) is 35.0 Å². The molecule has 1 aromatic heterocycles. The Morgan fingerprint density at radius 1 is 1.53 bits per heavy atom. The normalized spacial score (nSPS) is 18.9. The third-order valence-corrected chi connectivity index (χ3v) is 4.28. The topological polar surface area (TPSA) is 63.3 Å². The minimum Gasteiger partial charge on any atom is -0.370 e. The molecular formula is C13H21IN4S. The van der Waals surface area contributed by atoms with Crippen LogP contribution >= 0.6 is 35.7 Å². The molecule has 2 rings (SSSR count). The van der Waals surface area contributed by atoms with E-state index in [9.17, 15) is 0 Å². The Balaban J connectivity index is 0.00000180. The fourth-order valence-electron chi connectivity index (χ4n) is 1.91. The van der Waals surface area contributed by atoms with Gasteiger partial charge in [0.2, 0.25) is 0 Å². The first kappa shape index (κ1) is 16.6. The van der Waals surface area contributed by atoms with Crippen molar-refractivity contribution < 1.29 is 0 Å². The zero-order chi connectivity index (χ0) is 12.6. The number of halogens is 1. The van der Waals surface area contributed by atoms with Gasteiger partial charge in [0.15, 0.2) is 5.96 Å². The fraction of sp³-hybridized carbons (Fsp3) is 0.538. The number of aromatic nitrogens is 1. The lowest BCUT2D eigenvalue weighted by molar-refractivity contribution is 0.775. The van der Waals surface area contributed by atoms with Gasteiger partial charge < -0.3 is 11.1 Å². The molecule has 106 valence electrons. The molecule has 1 saturated heterocycles. The van der Waals surface area contributed by atoms with E-state index in [0.29, 0.717) is 11.2 Å². The standard InChI is InChI=1S/C13H20N4S.HI/c14-13(17-10-12-5-3-9-18-12)16-8-6-11-4-1-2-7-15-11;/h1-2,4,7,12H,3,5-6,8-10H2,(H3,14,16,17);1H. The van der Waals surface area contributed by atoms with Gasteiger partial charge in [-0.25, -0.2) is 0 Å². The van der Waals surface area contributed by atoms with E-state index in [1.165, 1.54) is 18.6 Å². The summed E-state index contributed by atoms with van der Waals surface area (Å²) in [6.45, 7) is 1.62. The number of nitrogens with zero attached hydrogens (tertiary/aromatic N) is 2. The lowest BCUT2D eigenvalue weighted by Gasteiger charge is -2.07. The molecule has 3 N–H and O–H groups in total. The molecule has 1 aliphatic rings. The van der Waals surface area contributed by atoms with Crippen molar-refractivity contribution in [1.82, 2.24) is 10.3 Å². The molecule has 4 nitrogen and oxygen atoms in total. The van der Waals surface area contributed by atoms with Crippen LogP contribution in [0.2, 0.25) is 0 Å².